The minimum absolute atomic E-state index is 0.0305. The molecule has 1 saturated carbocycles. The van der Waals surface area contributed by atoms with Crippen LogP contribution in [-0.4, -0.2) is 34.7 Å². The van der Waals surface area contributed by atoms with E-state index in [-0.39, 0.29) is 54.7 Å². The topological polar surface area (TPSA) is 75.0 Å². The van der Waals surface area contributed by atoms with Crippen molar-refractivity contribution < 1.29 is 27.8 Å². The molecular weight excluding hydrogens is 387 g/mol. The Morgan fingerprint density at radius 3 is 2.67 bits per heavy atom. The third-order valence-electron chi connectivity index (χ3n) is 4.29. The minimum Gasteiger partial charge on any atom is -0.480 e. The lowest BCUT2D eigenvalue weighted by Crippen LogP contribution is -2.25. The number of aromatic nitrogens is 1. The number of carbonyl (C=O) groups is 1. The second-order valence-corrected chi connectivity index (χ2v) is 6.55. The van der Waals surface area contributed by atoms with Gasteiger partial charge in [-0.2, -0.15) is 13.2 Å². The number of halogens is 4. The fourth-order valence-electron chi connectivity index (χ4n) is 2.53. The lowest BCUT2D eigenvalue weighted by atomic mass is 10.0. The van der Waals surface area contributed by atoms with Gasteiger partial charge in [-0.15, -0.1) is 5.10 Å². The predicted molar refractivity (Wildman–Crippen MR) is 94.9 cm³/mol. The standard InChI is InChI=1S/C17H19ClF3N3O3/c1-3-24(13-6-5-12(15(25)26)14(18)22-13)23-11(2)27-10-4-7-16(8-9-16)17(19,20)21/h3,5-6H,1,4,7-10H2,2H3,(H,25,26)/b23-11+. The number of aromatic carboxylic acids is 1. The smallest absolute Gasteiger partial charge is 0.394 e. The molecule has 2 rings (SSSR count). The van der Waals surface area contributed by atoms with Crippen LogP contribution in [0.25, 0.3) is 0 Å². The van der Waals surface area contributed by atoms with Gasteiger partial charge in [0.2, 0.25) is 5.90 Å². The van der Waals surface area contributed by atoms with E-state index >= 15 is 0 Å². The van der Waals surface area contributed by atoms with Gasteiger partial charge in [-0.3, -0.25) is 0 Å². The number of hydrogen-bond donors (Lipinski definition) is 1. The monoisotopic (exact) mass is 405 g/mol. The highest BCUT2D eigenvalue weighted by Crippen LogP contribution is 2.60. The van der Waals surface area contributed by atoms with Crippen LogP contribution < -0.4 is 5.01 Å². The average molecular weight is 406 g/mol. The normalized spacial score (nSPS) is 16.0. The largest absolute Gasteiger partial charge is 0.480 e. The van der Waals surface area contributed by atoms with E-state index in [1.54, 1.807) is 6.92 Å². The van der Waals surface area contributed by atoms with Gasteiger partial charge in [0.1, 0.15) is 5.15 Å². The summed E-state index contributed by atoms with van der Waals surface area (Å²) in [6.07, 6.45) is -2.21. The van der Waals surface area contributed by atoms with E-state index in [2.05, 4.69) is 16.7 Å². The molecule has 1 fully saturated rings. The summed E-state index contributed by atoms with van der Waals surface area (Å²) < 4.78 is 43.9. The first-order chi connectivity index (χ1) is 12.6. The fourth-order valence-corrected chi connectivity index (χ4v) is 2.76. The number of hydrazone groups is 1. The lowest BCUT2D eigenvalue weighted by Gasteiger charge is -2.19. The highest BCUT2D eigenvalue weighted by molar-refractivity contribution is 6.32. The summed E-state index contributed by atoms with van der Waals surface area (Å²) in [6.45, 7) is 5.22. The molecule has 0 aromatic carbocycles. The Kier molecular flexibility index (Phi) is 6.35. The molecule has 6 nitrogen and oxygen atoms in total. The molecule has 1 aromatic heterocycles. The Balaban J connectivity index is 1.92. The van der Waals surface area contributed by atoms with E-state index in [1.165, 1.54) is 23.3 Å². The van der Waals surface area contributed by atoms with Gasteiger partial charge in [0.15, 0.2) is 5.82 Å². The number of pyridine rings is 1. The predicted octanol–water partition coefficient (Wildman–Crippen LogP) is 4.86. The number of anilines is 1. The van der Waals surface area contributed by atoms with Gasteiger partial charge in [0.25, 0.3) is 0 Å². The van der Waals surface area contributed by atoms with E-state index in [0.29, 0.717) is 0 Å². The summed E-state index contributed by atoms with van der Waals surface area (Å²) in [7, 11) is 0. The van der Waals surface area contributed by atoms with Crippen molar-refractivity contribution in [2.45, 2.75) is 38.8 Å². The van der Waals surface area contributed by atoms with Crippen LogP contribution in [0.3, 0.4) is 0 Å². The average Bonchev–Trinajstić information content (AvgIpc) is 3.37. The van der Waals surface area contributed by atoms with Crippen molar-refractivity contribution in [2.24, 2.45) is 10.5 Å². The van der Waals surface area contributed by atoms with E-state index in [0.717, 1.165) is 0 Å². The zero-order valence-corrected chi connectivity index (χ0v) is 15.3. The van der Waals surface area contributed by atoms with Crippen LogP contribution in [0.1, 0.15) is 43.0 Å². The van der Waals surface area contributed by atoms with Gasteiger partial charge in [0, 0.05) is 13.1 Å². The van der Waals surface area contributed by atoms with Crippen molar-refractivity contribution >= 4 is 29.3 Å². The molecule has 0 amide bonds. The molecule has 0 radical (unpaired) electrons. The number of carboxylic acid groups (broad SMARTS) is 1. The van der Waals surface area contributed by atoms with Crippen LogP contribution in [0.15, 0.2) is 30.0 Å². The molecule has 1 aliphatic carbocycles. The van der Waals surface area contributed by atoms with E-state index < -0.39 is 17.6 Å². The molecule has 0 unspecified atom stereocenters. The Morgan fingerprint density at radius 1 is 1.52 bits per heavy atom. The molecule has 0 atom stereocenters. The van der Waals surface area contributed by atoms with Gasteiger partial charge in [0.05, 0.1) is 17.6 Å². The first-order valence-corrected chi connectivity index (χ1v) is 8.54. The highest BCUT2D eigenvalue weighted by Gasteiger charge is 2.62. The maximum absolute atomic E-state index is 12.9. The molecule has 1 aliphatic rings. The summed E-state index contributed by atoms with van der Waals surface area (Å²) >= 11 is 5.83. The zero-order valence-electron chi connectivity index (χ0n) is 14.6. The number of nitrogens with zero attached hydrogens (tertiary/aromatic N) is 3. The van der Waals surface area contributed by atoms with Crippen LogP contribution in [0.4, 0.5) is 19.0 Å². The van der Waals surface area contributed by atoms with Gasteiger partial charge in [-0.1, -0.05) is 18.2 Å². The summed E-state index contributed by atoms with van der Waals surface area (Å²) in [6, 6.07) is 2.68. The summed E-state index contributed by atoms with van der Waals surface area (Å²) in [5.41, 5.74) is -1.69. The fraction of sp³-hybridized carbons (Fsp3) is 0.471. The maximum Gasteiger partial charge on any atom is 0.394 e. The van der Waals surface area contributed by atoms with Crippen molar-refractivity contribution in [1.29, 1.82) is 0 Å². The molecule has 27 heavy (non-hydrogen) atoms. The van der Waals surface area contributed by atoms with E-state index in [9.17, 15) is 18.0 Å². The van der Waals surface area contributed by atoms with Gasteiger partial charge < -0.3 is 9.84 Å². The molecule has 0 aliphatic heterocycles. The van der Waals surface area contributed by atoms with Crippen LogP contribution in [0.2, 0.25) is 5.15 Å². The molecule has 0 bridgehead atoms. The van der Waals surface area contributed by atoms with Crippen LogP contribution >= 0.6 is 11.6 Å². The lowest BCUT2D eigenvalue weighted by molar-refractivity contribution is -0.189. The Morgan fingerprint density at radius 2 is 2.19 bits per heavy atom. The second-order valence-electron chi connectivity index (χ2n) is 6.19. The minimum atomic E-state index is -4.16. The first-order valence-electron chi connectivity index (χ1n) is 8.16. The second kappa shape index (κ2) is 8.16. The summed E-state index contributed by atoms with van der Waals surface area (Å²) in [4.78, 5) is 14.9. The van der Waals surface area contributed by atoms with Crippen LogP contribution in [0.5, 0.6) is 0 Å². The quantitative estimate of drug-likeness (QED) is 0.220. The molecule has 1 aromatic rings. The van der Waals surface area contributed by atoms with Crippen LogP contribution in [-0.2, 0) is 4.74 Å². The number of alkyl halides is 3. The number of carboxylic acids is 1. The van der Waals surface area contributed by atoms with Gasteiger partial charge in [-0.25, -0.2) is 14.8 Å². The van der Waals surface area contributed by atoms with E-state index in [4.69, 9.17) is 21.4 Å². The number of rotatable bonds is 8. The third kappa shape index (κ3) is 5.12. The summed E-state index contributed by atoms with van der Waals surface area (Å²) in [5.74, 6) is -0.788. The molecule has 0 saturated heterocycles. The van der Waals surface area contributed by atoms with Gasteiger partial charge >= 0.3 is 12.1 Å². The maximum atomic E-state index is 12.9. The Bertz CT molecular complexity index is 749. The van der Waals surface area contributed by atoms with Gasteiger partial charge in [-0.05, 0) is 37.8 Å². The molecule has 1 N–H and O–H groups in total. The van der Waals surface area contributed by atoms with Crippen molar-refractivity contribution in [3.63, 3.8) is 0 Å². The van der Waals surface area contributed by atoms with E-state index in [1.807, 2.05) is 0 Å². The highest BCUT2D eigenvalue weighted by atomic mass is 35.5. The van der Waals surface area contributed by atoms with Crippen molar-refractivity contribution in [1.82, 2.24) is 4.98 Å². The first kappa shape index (κ1) is 21.0. The molecule has 10 heteroatoms. The number of hydrogen-bond acceptors (Lipinski definition) is 5. The molecular formula is C17H19ClF3N3O3. The van der Waals surface area contributed by atoms with Crippen LogP contribution in [0, 0.1) is 5.41 Å². The molecule has 1 heterocycles. The summed E-state index contributed by atoms with van der Waals surface area (Å²) in [5, 5.41) is 14.1. The molecule has 148 valence electrons. The molecule has 0 spiro atoms. The number of ether oxygens (including phenoxy) is 1. The Labute approximate surface area is 159 Å². The zero-order chi connectivity index (χ0) is 20.2. The Hall–Kier alpha value is -2.29. The van der Waals surface area contributed by atoms with Crippen molar-refractivity contribution in [2.75, 3.05) is 11.6 Å². The van der Waals surface area contributed by atoms with Crippen molar-refractivity contribution in [3.05, 3.63) is 35.6 Å². The van der Waals surface area contributed by atoms with Crippen molar-refractivity contribution in [3.8, 4) is 0 Å². The SMILES string of the molecule is C=CN(/N=C(\C)OCCCC1(C(F)(F)F)CC1)c1ccc(C(=O)O)c(Cl)n1. The third-order valence-corrected chi connectivity index (χ3v) is 4.57.